The predicted molar refractivity (Wildman–Crippen MR) is 92.2 cm³/mol. The zero-order valence-electron chi connectivity index (χ0n) is 14.3. The van der Waals surface area contributed by atoms with Crippen LogP contribution in [0.5, 0.6) is 0 Å². The third-order valence-electron chi connectivity index (χ3n) is 6.05. The summed E-state index contributed by atoms with van der Waals surface area (Å²) >= 11 is 0. The zero-order chi connectivity index (χ0) is 16.5. The number of hydrogen-bond acceptors (Lipinski definition) is 2. The molecule has 3 aliphatic rings. The van der Waals surface area contributed by atoms with Crippen LogP contribution >= 0.6 is 0 Å². The van der Waals surface area contributed by atoms with Crippen LogP contribution in [0.3, 0.4) is 0 Å². The fourth-order valence-corrected chi connectivity index (χ4v) is 4.41. The highest BCUT2D eigenvalue weighted by molar-refractivity contribution is 5.80. The lowest BCUT2D eigenvalue weighted by Gasteiger charge is -2.37. The van der Waals surface area contributed by atoms with E-state index in [1.54, 1.807) is 6.07 Å². The highest BCUT2D eigenvalue weighted by atomic mass is 19.1. The number of halogens is 1. The monoisotopic (exact) mass is 330 g/mol. The number of carbonyl (C=O) groups is 1. The van der Waals surface area contributed by atoms with Crippen molar-refractivity contribution < 1.29 is 9.18 Å². The molecule has 1 aromatic rings. The normalized spacial score (nSPS) is 27.5. The van der Waals surface area contributed by atoms with Gasteiger partial charge in [-0.1, -0.05) is 12.1 Å². The molecule has 3 fully saturated rings. The molecule has 1 saturated carbocycles. The van der Waals surface area contributed by atoms with Gasteiger partial charge in [-0.25, -0.2) is 4.39 Å². The van der Waals surface area contributed by atoms with Crippen LogP contribution in [0.2, 0.25) is 0 Å². The van der Waals surface area contributed by atoms with Crippen molar-refractivity contribution in [1.29, 1.82) is 0 Å². The molecule has 0 spiro atoms. The molecule has 4 rings (SSSR count). The lowest BCUT2D eigenvalue weighted by atomic mass is 9.70. The summed E-state index contributed by atoms with van der Waals surface area (Å²) in [6, 6.07) is 5.75. The van der Waals surface area contributed by atoms with Gasteiger partial charge in [-0.2, -0.15) is 0 Å². The van der Waals surface area contributed by atoms with Crippen molar-refractivity contribution in [2.24, 2.45) is 5.92 Å². The summed E-state index contributed by atoms with van der Waals surface area (Å²) in [5.41, 5.74) is 1.88. The molecule has 1 aromatic carbocycles. The number of carbonyl (C=O) groups excluding carboxylic acids is 1. The second-order valence-electron chi connectivity index (χ2n) is 7.73. The van der Waals surface area contributed by atoms with Crippen LogP contribution in [0.25, 0.3) is 0 Å². The van der Waals surface area contributed by atoms with E-state index in [1.165, 1.54) is 12.8 Å². The van der Waals surface area contributed by atoms with Crippen LogP contribution in [-0.4, -0.2) is 41.9 Å². The first kappa shape index (κ1) is 16.1. The molecule has 24 heavy (non-hydrogen) atoms. The maximum absolute atomic E-state index is 14.4. The highest BCUT2D eigenvalue weighted by Crippen LogP contribution is 2.43. The molecule has 130 valence electrons. The van der Waals surface area contributed by atoms with Gasteiger partial charge in [0.2, 0.25) is 5.91 Å². The van der Waals surface area contributed by atoms with Gasteiger partial charge >= 0.3 is 0 Å². The summed E-state index contributed by atoms with van der Waals surface area (Å²) < 4.78 is 14.4. The highest BCUT2D eigenvalue weighted by Gasteiger charge is 2.38. The zero-order valence-corrected chi connectivity index (χ0v) is 14.3. The number of nitrogens with zero attached hydrogens (tertiary/aromatic N) is 2. The van der Waals surface area contributed by atoms with Gasteiger partial charge in [0, 0.05) is 31.1 Å². The van der Waals surface area contributed by atoms with Crippen molar-refractivity contribution in [2.45, 2.75) is 51.0 Å². The Hall–Kier alpha value is -1.42. The maximum Gasteiger partial charge on any atom is 0.225 e. The topological polar surface area (TPSA) is 23.6 Å². The predicted octanol–water partition coefficient (Wildman–Crippen LogP) is 3.54. The molecule has 4 heteroatoms. The van der Waals surface area contributed by atoms with E-state index in [2.05, 4.69) is 11.0 Å². The molecule has 0 bridgehead atoms. The lowest BCUT2D eigenvalue weighted by molar-refractivity contribution is -0.137. The van der Waals surface area contributed by atoms with Crippen LogP contribution in [0.15, 0.2) is 18.2 Å². The minimum Gasteiger partial charge on any atom is -0.342 e. The molecule has 3 nitrogen and oxygen atoms in total. The minimum absolute atomic E-state index is 0.0753. The number of amides is 1. The second-order valence-corrected chi connectivity index (χ2v) is 7.73. The van der Waals surface area contributed by atoms with Crippen molar-refractivity contribution in [3.05, 3.63) is 35.1 Å². The van der Waals surface area contributed by atoms with Crippen molar-refractivity contribution in [3.63, 3.8) is 0 Å². The van der Waals surface area contributed by atoms with Crippen molar-refractivity contribution >= 4 is 5.91 Å². The summed E-state index contributed by atoms with van der Waals surface area (Å²) in [7, 11) is 0. The van der Waals surface area contributed by atoms with Crippen molar-refractivity contribution in [1.82, 2.24) is 9.80 Å². The Kier molecular flexibility index (Phi) is 4.57. The molecule has 1 amide bonds. The van der Waals surface area contributed by atoms with Gasteiger partial charge in [-0.3, -0.25) is 9.69 Å². The Morgan fingerprint density at radius 1 is 1.04 bits per heavy atom. The first-order valence-electron chi connectivity index (χ1n) is 9.50. The molecular formula is C20H27FN2O. The summed E-state index contributed by atoms with van der Waals surface area (Å²) in [5, 5.41) is 0. The summed E-state index contributed by atoms with van der Waals surface area (Å²) in [4.78, 5) is 16.7. The fourth-order valence-electron chi connectivity index (χ4n) is 4.41. The first-order chi connectivity index (χ1) is 11.7. The van der Waals surface area contributed by atoms with Crippen LogP contribution in [0, 0.1) is 11.7 Å². The summed E-state index contributed by atoms with van der Waals surface area (Å²) in [5.74, 6) is 0.779. The number of rotatable bonds is 4. The van der Waals surface area contributed by atoms with Gasteiger partial charge in [0.25, 0.3) is 0 Å². The first-order valence-corrected chi connectivity index (χ1v) is 9.50. The average molecular weight is 330 g/mol. The summed E-state index contributed by atoms with van der Waals surface area (Å²) in [6.07, 6.45) is 6.53. The Balaban J connectivity index is 1.34. The quantitative estimate of drug-likeness (QED) is 0.843. The standard InChI is InChI=1S/C20H27FN2O/c21-19-13-15(5-6-16(19)14-22-7-1-2-8-22)17-11-18(12-17)20(24)23-9-3-4-10-23/h5-6,13,17-18H,1-4,7-12,14H2/t17-,18-. The van der Waals surface area contributed by atoms with Gasteiger partial charge in [0.15, 0.2) is 0 Å². The van der Waals surface area contributed by atoms with E-state index >= 15 is 0 Å². The molecule has 2 aliphatic heterocycles. The minimum atomic E-state index is -0.0753. The largest absolute Gasteiger partial charge is 0.342 e. The van der Waals surface area contributed by atoms with E-state index in [4.69, 9.17) is 0 Å². The number of hydrogen-bond donors (Lipinski definition) is 0. The molecule has 0 unspecified atom stereocenters. The van der Waals surface area contributed by atoms with Gasteiger partial charge in [0.1, 0.15) is 5.82 Å². The SMILES string of the molecule is O=C([C@H]1C[C@H](c2ccc(CN3CCCC3)c(F)c2)C1)N1CCCC1. The van der Waals surface area contributed by atoms with E-state index in [-0.39, 0.29) is 11.7 Å². The van der Waals surface area contributed by atoms with E-state index in [0.717, 1.165) is 69.5 Å². The van der Waals surface area contributed by atoms with Gasteiger partial charge in [-0.15, -0.1) is 0 Å². The molecule has 1 aliphatic carbocycles. The van der Waals surface area contributed by atoms with Gasteiger partial charge in [0.05, 0.1) is 0 Å². The molecule has 0 N–H and O–H groups in total. The van der Waals surface area contributed by atoms with E-state index in [1.807, 2.05) is 11.0 Å². The Bertz CT molecular complexity index is 600. The van der Waals surface area contributed by atoms with Crippen LogP contribution in [0.1, 0.15) is 55.6 Å². The van der Waals surface area contributed by atoms with Crippen LogP contribution in [0.4, 0.5) is 4.39 Å². The van der Waals surface area contributed by atoms with Gasteiger partial charge in [-0.05, 0) is 69.2 Å². The molecule has 0 atom stereocenters. The lowest BCUT2D eigenvalue weighted by Crippen LogP contribution is -2.39. The Labute approximate surface area is 143 Å². The Morgan fingerprint density at radius 2 is 1.71 bits per heavy atom. The fraction of sp³-hybridized carbons (Fsp3) is 0.650. The molecular weight excluding hydrogens is 303 g/mol. The average Bonchev–Trinajstić information content (AvgIpc) is 3.21. The van der Waals surface area contributed by atoms with Crippen molar-refractivity contribution in [3.8, 4) is 0 Å². The van der Waals surface area contributed by atoms with Crippen LogP contribution < -0.4 is 0 Å². The molecule has 0 radical (unpaired) electrons. The smallest absolute Gasteiger partial charge is 0.225 e. The molecule has 2 heterocycles. The molecule has 2 saturated heterocycles. The van der Waals surface area contributed by atoms with Gasteiger partial charge < -0.3 is 4.90 Å². The van der Waals surface area contributed by atoms with E-state index < -0.39 is 0 Å². The second kappa shape index (κ2) is 6.83. The van der Waals surface area contributed by atoms with Crippen molar-refractivity contribution in [2.75, 3.05) is 26.2 Å². The number of likely N-dealkylation sites (tertiary alicyclic amines) is 2. The molecule has 0 aromatic heterocycles. The van der Waals surface area contributed by atoms with Crippen LogP contribution in [-0.2, 0) is 11.3 Å². The third kappa shape index (κ3) is 3.21. The van der Waals surface area contributed by atoms with E-state index in [0.29, 0.717) is 11.8 Å². The van der Waals surface area contributed by atoms with E-state index in [9.17, 15) is 9.18 Å². The Morgan fingerprint density at radius 3 is 2.38 bits per heavy atom. The third-order valence-corrected chi connectivity index (χ3v) is 6.05. The maximum atomic E-state index is 14.4. The summed E-state index contributed by atoms with van der Waals surface area (Å²) in [6.45, 7) is 4.76. The number of benzene rings is 1.